The molecule has 0 aliphatic heterocycles. The van der Waals surface area contributed by atoms with Gasteiger partial charge in [-0.05, 0) is 25.1 Å². The van der Waals surface area contributed by atoms with Crippen LogP contribution in [0.5, 0.6) is 5.75 Å². The molecule has 9 heteroatoms. The molecule has 0 fully saturated rings. The van der Waals surface area contributed by atoms with E-state index in [-0.39, 0.29) is 16.8 Å². The van der Waals surface area contributed by atoms with Gasteiger partial charge in [0.15, 0.2) is 11.6 Å². The van der Waals surface area contributed by atoms with Crippen LogP contribution < -0.4 is 16.2 Å². The van der Waals surface area contributed by atoms with Crippen LogP contribution in [0.2, 0.25) is 10.0 Å². The summed E-state index contributed by atoms with van der Waals surface area (Å²) in [6.45, 7) is 1.69. The summed E-state index contributed by atoms with van der Waals surface area (Å²) >= 11 is 12.2. The van der Waals surface area contributed by atoms with Gasteiger partial charge in [0, 0.05) is 40.3 Å². The van der Waals surface area contributed by atoms with Crippen LogP contribution in [-0.4, -0.2) is 15.0 Å². The van der Waals surface area contributed by atoms with Crippen molar-refractivity contribution in [1.82, 2.24) is 15.0 Å². The van der Waals surface area contributed by atoms with Gasteiger partial charge < -0.3 is 16.2 Å². The first-order chi connectivity index (χ1) is 12.4. The lowest BCUT2D eigenvalue weighted by Crippen LogP contribution is -2.08. The third kappa shape index (κ3) is 3.63. The van der Waals surface area contributed by atoms with Crippen molar-refractivity contribution in [3.05, 3.63) is 58.2 Å². The number of nitrogens with two attached hydrogens (primary N) is 2. The van der Waals surface area contributed by atoms with Crippen LogP contribution in [0.3, 0.4) is 0 Å². The summed E-state index contributed by atoms with van der Waals surface area (Å²) < 4.78 is 19.6. The lowest BCUT2D eigenvalue weighted by molar-refractivity contribution is 0.227. The van der Waals surface area contributed by atoms with E-state index in [0.29, 0.717) is 27.5 Å². The summed E-state index contributed by atoms with van der Waals surface area (Å²) in [6.07, 6.45) is 4.02. The van der Waals surface area contributed by atoms with Crippen LogP contribution in [0.15, 0.2) is 36.8 Å². The predicted molar refractivity (Wildman–Crippen MR) is 99.6 cm³/mol. The summed E-state index contributed by atoms with van der Waals surface area (Å²) in [4.78, 5) is 12.0. The molecule has 0 amide bonds. The topological polar surface area (TPSA) is 99.9 Å². The standard InChI is InChI=1S/C17H14Cl2FN5O/c1-8(14-11(18)2-3-12(20)15(14)19)26-13-4-9(5-23-16(13)21)10-6-24-17(22)25-7-10/h2-8H,1H3,(H2,21,23)(H2,22,24,25)/t8-/m1/s1. The summed E-state index contributed by atoms with van der Waals surface area (Å²) in [7, 11) is 0. The maximum Gasteiger partial charge on any atom is 0.219 e. The maximum absolute atomic E-state index is 13.7. The van der Waals surface area contributed by atoms with Crippen LogP contribution in [0.25, 0.3) is 11.1 Å². The number of anilines is 2. The van der Waals surface area contributed by atoms with E-state index in [1.165, 1.54) is 12.1 Å². The van der Waals surface area contributed by atoms with Gasteiger partial charge >= 0.3 is 0 Å². The van der Waals surface area contributed by atoms with E-state index in [1.54, 1.807) is 31.6 Å². The number of ether oxygens (including phenoxy) is 1. The molecule has 0 bridgehead atoms. The third-order valence-electron chi connectivity index (χ3n) is 3.68. The summed E-state index contributed by atoms with van der Waals surface area (Å²) in [5.41, 5.74) is 13.1. The van der Waals surface area contributed by atoms with E-state index in [0.717, 1.165) is 0 Å². The average Bonchev–Trinajstić information content (AvgIpc) is 2.61. The molecule has 0 aliphatic carbocycles. The van der Waals surface area contributed by atoms with Crippen LogP contribution in [-0.2, 0) is 0 Å². The molecule has 1 atom stereocenters. The molecule has 0 unspecified atom stereocenters. The second-order valence-corrected chi connectivity index (χ2v) is 6.24. The van der Waals surface area contributed by atoms with Gasteiger partial charge in [0.05, 0.1) is 5.02 Å². The molecule has 3 rings (SSSR count). The highest BCUT2D eigenvalue weighted by Crippen LogP contribution is 2.36. The number of hydrogen-bond donors (Lipinski definition) is 2. The smallest absolute Gasteiger partial charge is 0.219 e. The molecule has 0 radical (unpaired) electrons. The van der Waals surface area contributed by atoms with Crippen molar-refractivity contribution in [3.8, 4) is 16.9 Å². The second kappa shape index (κ2) is 7.31. The first-order valence-corrected chi connectivity index (χ1v) is 8.26. The van der Waals surface area contributed by atoms with E-state index < -0.39 is 11.9 Å². The number of halogens is 3. The van der Waals surface area contributed by atoms with Crippen LogP contribution >= 0.6 is 23.2 Å². The van der Waals surface area contributed by atoms with Gasteiger partial charge in [0.25, 0.3) is 0 Å². The van der Waals surface area contributed by atoms with Gasteiger partial charge in [-0.2, -0.15) is 0 Å². The average molecular weight is 394 g/mol. The van der Waals surface area contributed by atoms with E-state index in [4.69, 9.17) is 39.4 Å². The Morgan fingerprint density at radius 1 is 1.04 bits per heavy atom. The minimum atomic E-state index is -0.660. The van der Waals surface area contributed by atoms with Crippen molar-refractivity contribution >= 4 is 35.0 Å². The molecule has 0 saturated heterocycles. The van der Waals surface area contributed by atoms with Gasteiger partial charge in [0.2, 0.25) is 5.95 Å². The van der Waals surface area contributed by atoms with Gasteiger partial charge in [-0.15, -0.1) is 0 Å². The van der Waals surface area contributed by atoms with Gasteiger partial charge in [0.1, 0.15) is 11.9 Å². The van der Waals surface area contributed by atoms with Crippen LogP contribution in [0, 0.1) is 5.82 Å². The highest BCUT2D eigenvalue weighted by molar-refractivity contribution is 6.36. The fraction of sp³-hybridized carbons (Fsp3) is 0.118. The normalized spacial score (nSPS) is 12.0. The fourth-order valence-electron chi connectivity index (χ4n) is 2.36. The zero-order valence-electron chi connectivity index (χ0n) is 13.6. The molecule has 2 aromatic heterocycles. The number of nitrogen functional groups attached to an aromatic ring is 2. The van der Waals surface area contributed by atoms with Crippen molar-refractivity contribution in [2.24, 2.45) is 0 Å². The molecular formula is C17H14Cl2FN5O. The first-order valence-electron chi connectivity index (χ1n) is 7.50. The largest absolute Gasteiger partial charge is 0.482 e. The number of benzene rings is 1. The highest BCUT2D eigenvalue weighted by Gasteiger charge is 2.20. The van der Waals surface area contributed by atoms with E-state index >= 15 is 0 Å². The Kier molecular flexibility index (Phi) is 5.11. The summed E-state index contributed by atoms with van der Waals surface area (Å²) in [6, 6.07) is 4.29. The Balaban J connectivity index is 1.94. The Labute approximate surface area is 158 Å². The lowest BCUT2D eigenvalue weighted by atomic mass is 10.1. The number of hydrogen-bond acceptors (Lipinski definition) is 6. The SMILES string of the molecule is C[C@@H](Oc1cc(-c2cnc(N)nc2)cnc1N)c1c(Cl)ccc(F)c1Cl. The van der Waals surface area contributed by atoms with Crippen molar-refractivity contribution in [2.75, 3.05) is 11.5 Å². The zero-order chi connectivity index (χ0) is 18.8. The van der Waals surface area contributed by atoms with Crippen molar-refractivity contribution < 1.29 is 9.13 Å². The Morgan fingerprint density at radius 2 is 1.69 bits per heavy atom. The monoisotopic (exact) mass is 393 g/mol. The molecule has 6 nitrogen and oxygen atoms in total. The number of pyridine rings is 1. The molecule has 4 N–H and O–H groups in total. The quantitative estimate of drug-likeness (QED) is 0.641. The number of aromatic nitrogens is 3. The predicted octanol–water partition coefficient (Wildman–Crippen LogP) is 4.29. The zero-order valence-corrected chi connectivity index (χ0v) is 15.1. The molecule has 134 valence electrons. The molecule has 0 spiro atoms. The van der Waals surface area contributed by atoms with E-state index in [2.05, 4.69) is 15.0 Å². The Morgan fingerprint density at radius 3 is 2.38 bits per heavy atom. The lowest BCUT2D eigenvalue weighted by Gasteiger charge is -2.19. The molecule has 26 heavy (non-hydrogen) atoms. The molecule has 2 heterocycles. The molecule has 3 aromatic rings. The van der Waals surface area contributed by atoms with E-state index in [9.17, 15) is 4.39 Å². The van der Waals surface area contributed by atoms with Gasteiger partial charge in [-0.25, -0.2) is 19.3 Å². The maximum atomic E-state index is 13.7. The van der Waals surface area contributed by atoms with E-state index in [1.807, 2.05) is 0 Å². The van der Waals surface area contributed by atoms with Crippen molar-refractivity contribution in [1.29, 1.82) is 0 Å². The molecule has 1 aromatic carbocycles. The van der Waals surface area contributed by atoms with Crippen LogP contribution in [0.1, 0.15) is 18.6 Å². The molecule has 0 saturated carbocycles. The second-order valence-electron chi connectivity index (χ2n) is 5.45. The Bertz CT molecular complexity index is 953. The fourth-order valence-corrected chi connectivity index (χ4v) is 3.04. The highest BCUT2D eigenvalue weighted by atomic mass is 35.5. The van der Waals surface area contributed by atoms with Gasteiger partial charge in [-0.3, -0.25) is 0 Å². The van der Waals surface area contributed by atoms with Crippen molar-refractivity contribution in [3.63, 3.8) is 0 Å². The first kappa shape index (κ1) is 18.2. The number of rotatable bonds is 4. The van der Waals surface area contributed by atoms with Gasteiger partial charge in [-0.1, -0.05) is 23.2 Å². The minimum Gasteiger partial charge on any atom is -0.482 e. The Hall–Kier alpha value is -2.64. The third-order valence-corrected chi connectivity index (χ3v) is 4.39. The molecule has 0 aliphatic rings. The van der Waals surface area contributed by atoms with Crippen LogP contribution in [0.4, 0.5) is 16.2 Å². The summed E-state index contributed by atoms with van der Waals surface area (Å²) in [5.74, 6) is 0.0434. The minimum absolute atomic E-state index is 0.0976. The molecular weight excluding hydrogens is 380 g/mol. The number of nitrogens with zero attached hydrogens (tertiary/aromatic N) is 3. The summed E-state index contributed by atoms with van der Waals surface area (Å²) in [5, 5.41) is 0.193. The van der Waals surface area contributed by atoms with Crippen molar-refractivity contribution in [2.45, 2.75) is 13.0 Å².